The molecule has 0 aliphatic carbocycles. The molecule has 2 N–H and O–H groups in total. The van der Waals surface area contributed by atoms with Gasteiger partial charge in [0.05, 0.1) is 21.3 Å². The van der Waals surface area contributed by atoms with Crippen LogP contribution in [0.3, 0.4) is 0 Å². The van der Waals surface area contributed by atoms with Gasteiger partial charge in [0.1, 0.15) is 0 Å². The van der Waals surface area contributed by atoms with Crippen molar-refractivity contribution in [1.82, 2.24) is 10.2 Å². The average molecular weight is 379 g/mol. The zero-order valence-corrected chi connectivity index (χ0v) is 17.3. The fourth-order valence-corrected chi connectivity index (χ4v) is 3.46. The van der Waals surface area contributed by atoms with Crippen LogP contribution in [-0.4, -0.2) is 65.4 Å². The molecule has 152 valence electrons. The lowest BCUT2D eigenvalue weighted by Gasteiger charge is -2.31. The number of likely N-dealkylation sites (tertiary alicyclic amines) is 1. The number of nitrogens with zero attached hydrogens (tertiary/aromatic N) is 2. The summed E-state index contributed by atoms with van der Waals surface area (Å²) in [7, 11) is 6.59. The van der Waals surface area contributed by atoms with Crippen molar-refractivity contribution in [3.8, 4) is 17.2 Å². The van der Waals surface area contributed by atoms with E-state index in [4.69, 9.17) is 14.2 Å². The standard InChI is InChI=1S/C20H34N4O3/c1-6-24-11-8-15(9-12-24)7-10-22-20(21-2)23-16-13-17(25-3)19(27-5)18(14-16)26-4/h13-15H,6-12H2,1-5H3,(H2,21,22,23). The van der Waals surface area contributed by atoms with Crippen LogP contribution in [0.5, 0.6) is 17.2 Å². The van der Waals surface area contributed by atoms with Gasteiger partial charge in [0, 0.05) is 31.4 Å². The minimum absolute atomic E-state index is 0.576. The Labute approximate surface area is 163 Å². The molecule has 0 bridgehead atoms. The summed E-state index contributed by atoms with van der Waals surface area (Å²) >= 11 is 0. The monoisotopic (exact) mass is 378 g/mol. The molecular weight excluding hydrogens is 344 g/mol. The molecule has 0 atom stereocenters. The molecule has 27 heavy (non-hydrogen) atoms. The molecule has 1 heterocycles. The van der Waals surface area contributed by atoms with Crippen molar-refractivity contribution in [1.29, 1.82) is 0 Å². The van der Waals surface area contributed by atoms with Gasteiger partial charge in [0.25, 0.3) is 0 Å². The van der Waals surface area contributed by atoms with Crippen molar-refractivity contribution in [2.45, 2.75) is 26.2 Å². The Hall–Kier alpha value is -2.15. The van der Waals surface area contributed by atoms with Crippen LogP contribution >= 0.6 is 0 Å². The normalized spacial score (nSPS) is 16.1. The first-order valence-electron chi connectivity index (χ1n) is 9.65. The van der Waals surface area contributed by atoms with Gasteiger partial charge < -0.3 is 29.7 Å². The molecule has 0 unspecified atom stereocenters. The summed E-state index contributed by atoms with van der Waals surface area (Å²) in [5.41, 5.74) is 0.828. The molecule has 7 heteroatoms. The van der Waals surface area contributed by atoms with Crippen molar-refractivity contribution in [2.24, 2.45) is 10.9 Å². The van der Waals surface area contributed by atoms with E-state index >= 15 is 0 Å². The first kappa shape index (κ1) is 21.2. The maximum atomic E-state index is 5.40. The van der Waals surface area contributed by atoms with E-state index < -0.39 is 0 Å². The first-order chi connectivity index (χ1) is 13.1. The fraction of sp³-hybridized carbons (Fsp3) is 0.650. The minimum atomic E-state index is 0.576. The zero-order valence-electron chi connectivity index (χ0n) is 17.3. The lowest BCUT2D eigenvalue weighted by atomic mass is 9.93. The number of nitrogens with one attached hydrogen (secondary N) is 2. The Kier molecular flexibility index (Phi) is 8.51. The molecule has 1 aromatic carbocycles. The second kappa shape index (κ2) is 10.9. The number of piperidine rings is 1. The SMILES string of the molecule is CCN1CCC(CCNC(=NC)Nc2cc(OC)c(OC)c(OC)c2)CC1. The predicted molar refractivity (Wildman–Crippen MR) is 111 cm³/mol. The van der Waals surface area contributed by atoms with Gasteiger partial charge in [-0.3, -0.25) is 4.99 Å². The van der Waals surface area contributed by atoms with E-state index in [0.29, 0.717) is 17.2 Å². The third-order valence-electron chi connectivity index (χ3n) is 5.15. The number of anilines is 1. The van der Waals surface area contributed by atoms with Crippen molar-refractivity contribution >= 4 is 11.6 Å². The third-order valence-corrected chi connectivity index (χ3v) is 5.15. The largest absolute Gasteiger partial charge is 0.493 e. The van der Waals surface area contributed by atoms with Gasteiger partial charge in [-0.25, -0.2) is 0 Å². The summed E-state index contributed by atoms with van der Waals surface area (Å²) < 4.78 is 16.2. The van der Waals surface area contributed by atoms with E-state index in [-0.39, 0.29) is 0 Å². The van der Waals surface area contributed by atoms with Gasteiger partial charge >= 0.3 is 0 Å². The van der Waals surface area contributed by atoms with Crippen molar-refractivity contribution in [3.63, 3.8) is 0 Å². The number of methoxy groups -OCH3 is 3. The summed E-state index contributed by atoms with van der Waals surface area (Å²) in [6, 6.07) is 3.74. The lowest BCUT2D eigenvalue weighted by Crippen LogP contribution is -2.36. The fourth-order valence-electron chi connectivity index (χ4n) is 3.46. The van der Waals surface area contributed by atoms with E-state index in [1.807, 2.05) is 12.1 Å². The van der Waals surface area contributed by atoms with Crippen LogP contribution in [0.15, 0.2) is 17.1 Å². The highest BCUT2D eigenvalue weighted by molar-refractivity contribution is 5.94. The van der Waals surface area contributed by atoms with Gasteiger partial charge in [0.15, 0.2) is 17.5 Å². The Balaban J connectivity index is 1.89. The van der Waals surface area contributed by atoms with E-state index in [9.17, 15) is 0 Å². The quantitative estimate of drug-likeness (QED) is 0.536. The molecule has 0 radical (unpaired) electrons. The van der Waals surface area contributed by atoms with Crippen molar-refractivity contribution in [3.05, 3.63) is 12.1 Å². The van der Waals surface area contributed by atoms with E-state index in [1.165, 1.54) is 25.9 Å². The molecule has 0 saturated carbocycles. The van der Waals surface area contributed by atoms with Gasteiger partial charge in [0.2, 0.25) is 5.75 Å². The minimum Gasteiger partial charge on any atom is -0.493 e. The van der Waals surface area contributed by atoms with Gasteiger partial charge in [-0.05, 0) is 44.8 Å². The molecule has 0 aromatic heterocycles. The lowest BCUT2D eigenvalue weighted by molar-refractivity contribution is 0.187. The van der Waals surface area contributed by atoms with Crippen LogP contribution in [0, 0.1) is 5.92 Å². The maximum Gasteiger partial charge on any atom is 0.203 e. The summed E-state index contributed by atoms with van der Waals surface area (Å²) in [6.07, 6.45) is 3.73. The number of hydrogen-bond acceptors (Lipinski definition) is 5. The second-order valence-corrected chi connectivity index (χ2v) is 6.70. The molecule has 1 aliphatic rings. The van der Waals surface area contributed by atoms with Crippen molar-refractivity contribution in [2.75, 3.05) is 59.9 Å². The summed E-state index contributed by atoms with van der Waals surface area (Å²) in [5, 5.41) is 6.70. The highest BCUT2D eigenvalue weighted by Crippen LogP contribution is 2.39. The van der Waals surface area contributed by atoms with Crippen LogP contribution in [0.2, 0.25) is 0 Å². The predicted octanol–water partition coefficient (Wildman–Crippen LogP) is 2.82. The van der Waals surface area contributed by atoms with E-state index in [2.05, 4.69) is 27.4 Å². The second-order valence-electron chi connectivity index (χ2n) is 6.70. The molecule has 0 amide bonds. The molecule has 2 rings (SSSR count). The van der Waals surface area contributed by atoms with Gasteiger partial charge in [-0.1, -0.05) is 6.92 Å². The van der Waals surface area contributed by atoms with Crippen molar-refractivity contribution < 1.29 is 14.2 Å². The van der Waals surface area contributed by atoms with E-state index in [0.717, 1.165) is 37.1 Å². The Morgan fingerprint density at radius 3 is 2.22 bits per heavy atom. The Bertz CT molecular complexity index is 588. The van der Waals surface area contributed by atoms with Crippen LogP contribution < -0.4 is 24.8 Å². The molecular formula is C20H34N4O3. The average Bonchev–Trinajstić information content (AvgIpc) is 2.72. The van der Waals surface area contributed by atoms with Crippen LogP contribution in [0.4, 0.5) is 5.69 Å². The molecule has 0 spiro atoms. The number of rotatable bonds is 8. The Morgan fingerprint density at radius 1 is 1.11 bits per heavy atom. The summed E-state index contributed by atoms with van der Waals surface area (Å²) in [4.78, 5) is 6.84. The van der Waals surface area contributed by atoms with E-state index in [1.54, 1.807) is 28.4 Å². The smallest absolute Gasteiger partial charge is 0.203 e. The zero-order chi connectivity index (χ0) is 19.6. The number of ether oxygens (including phenoxy) is 3. The third kappa shape index (κ3) is 5.92. The number of aliphatic imine (C=N–C) groups is 1. The number of hydrogen-bond donors (Lipinski definition) is 2. The van der Waals surface area contributed by atoms with Crippen LogP contribution in [0.25, 0.3) is 0 Å². The highest BCUT2D eigenvalue weighted by atomic mass is 16.5. The maximum absolute atomic E-state index is 5.40. The molecule has 1 aromatic rings. The molecule has 1 fully saturated rings. The first-order valence-corrected chi connectivity index (χ1v) is 9.65. The number of guanidine groups is 1. The van der Waals surface area contributed by atoms with Gasteiger partial charge in [-0.2, -0.15) is 0 Å². The Morgan fingerprint density at radius 2 is 1.74 bits per heavy atom. The van der Waals surface area contributed by atoms with Crippen LogP contribution in [0.1, 0.15) is 26.2 Å². The van der Waals surface area contributed by atoms with Crippen LogP contribution in [-0.2, 0) is 0 Å². The topological polar surface area (TPSA) is 67.4 Å². The molecule has 7 nitrogen and oxygen atoms in total. The highest BCUT2D eigenvalue weighted by Gasteiger charge is 2.18. The van der Waals surface area contributed by atoms with Gasteiger partial charge in [-0.15, -0.1) is 0 Å². The number of benzene rings is 1. The molecule has 1 aliphatic heterocycles. The summed E-state index contributed by atoms with van der Waals surface area (Å²) in [6.45, 7) is 6.75. The summed E-state index contributed by atoms with van der Waals surface area (Å²) in [5.74, 6) is 3.32. The molecule has 1 saturated heterocycles.